The van der Waals surface area contributed by atoms with Crippen LogP contribution in [0.15, 0.2) is 41.2 Å². The number of hydrogen-bond donors (Lipinski definition) is 0. The molecule has 176 valence electrons. The highest BCUT2D eigenvalue weighted by molar-refractivity contribution is 6.35. The van der Waals surface area contributed by atoms with Crippen molar-refractivity contribution in [3.05, 3.63) is 68.7 Å². The Morgan fingerprint density at radius 3 is 2.39 bits per heavy atom. The molecule has 1 aliphatic carbocycles. The van der Waals surface area contributed by atoms with Crippen LogP contribution in [0, 0.1) is 0 Å². The van der Waals surface area contributed by atoms with Crippen molar-refractivity contribution in [2.24, 2.45) is 0 Å². The van der Waals surface area contributed by atoms with Crippen LogP contribution in [0.1, 0.15) is 108 Å². The van der Waals surface area contributed by atoms with E-state index < -0.39 is 0 Å². The van der Waals surface area contributed by atoms with Crippen LogP contribution in [0.4, 0.5) is 0 Å². The fraction of sp³-hybridized carbons (Fsp3) is 0.517. The first-order valence-corrected chi connectivity index (χ1v) is 13.3. The van der Waals surface area contributed by atoms with Gasteiger partial charge in [0.25, 0.3) is 5.56 Å². The Balaban J connectivity index is 0.00000126. The van der Waals surface area contributed by atoms with Crippen molar-refractivity contribution in [3.63, 3.8) is 0 Å². The molecule has 5 rings (SSSR count). The average Bonchev–Trinajstić information content (AvgIpc) is 3.09. The smallest absolute Gasteiger partial charge is 0.282 e. The molecule has 4 heteroatoms. The predicted octanol–water partition coefficient (Wildman–Crippen LogP) is 8.31. The molecule has 3 aromatic rings. The summed E-state index contributed by atoms with van der Waals surface area (Å²) in [6, 6.07) is 12.8. The lowest BCUT2D eigenvalue weighted by molar-refractivity contribution is 0.338. The summed E-state index contributed by atoms with van der Waals surface area (Å²) in [7, 11) is 0. The molecule has 0 unspecified atom stereocenters. The predicted molar refractivity (Wildman–Crippen MR) is 140 cm³/mol. The van der Waals surface area contributed by atoms with E-state index in [1.807, 2.05) is 26.0 Å². The van der Waals surface area contributed by atoms with E-state index in [0.717, 1.165) is 24.2 Å². The molecular weight excluding hydrogens is 428 g/mol. The van der Waals surface area contributed by atoms with Gasteiger partial charge in [-0.1, -0.05) is 89.6 Å². The molecule has 3 nitrogen and oxygen atoms in total. The maximum absolute atomic E-state index is 13.1. The van der Waals surface area contributed by atoms with Crippen LogP contribution < -0.4 is 5.56 Å². The number of aromatic nitrogens is 2. The Labute approximate surface area is 203 Å². The van der Waals surface area contributed by atoms with Gasteiger partial charge >= 0.3 is 0 Å². The molecular formula is C29H37ClN2O. The highest BCUT2D eigenvalue weighted by Gasteiger charge is 2.46. The van der Waals surface area contributed by atoms with Crippen LogP contribution >= 0.6 is 11.6 Å². The van der Waals surface area contributed by atoms with Crippen molar-refractivity contribution >= 4 is 22.5 Å². The Kier molecular flexibility index (Phi) is 7.28. The highest BCUT2D eigenvalue weighted by Crippen LogP contribution is 2.52. The van der Waals surface area contributed by atoms with Crippen LogP contribution in [-0.2, 0) is 5.41 Å². The van der Waals surface area contributed by atoms with Crippen molar-refractivity contribution in [2.75, 3.05) is 0 Å². The van der Waals surface area contributed by atoms with Gasteiger partial charge in [0.2, 0.25) is 0 Å². The summed E-state index contributed by atoms with van der Waals surface area (Å²) >= 11 is 6.45. The minimum atomic E-state index is -0.195. The number of hydrogen-bond acceptors (Lipinski definition) is 2. The molecule has 1 aromatic heterocycles. The molecule has 1 saturated carbocycles. The molecule has 33 heavy (non-hydrogen) atoms. The van der Waals surface area contributed by atoms with E-state index in [2.05, 4.69) is 36.6 Å². The Bertz CT molecular complexity index is 1180. The van der Waals surface area contributed by atoms with E-state index in [1.165, 1.54) is 61.8 Å². The molecule has 0 radical (unpaired) electrons. The molecule has 0 atom stereocenters. The first kappa shape index (κ1) is 24.0. The summed E-state index contributed by atoms with van der Waals surface area (Å²) in [4.78, 5) is 17.8. The summed E-state index contributed by atoms with van der Waals surface area (Å²) < 4.78 is 2.24. The van der Waals surface area contributed by atoms with E-state index in [9.17, 15) is 4.79 Å². The number of nitrogens with zero attached hydrogens (tertiary/aromatic N) is 2. The van der Waals surface area contributed by atoms with Gasteiger partial charge in [0.1, 0.15) is 5.82 Å². The van der Waals surface area contributed by atoms with Crippen LogP contribution in [0.3, 0.4) is 0 Å². The number of benzene rings is 2. The summed E-state index contributed by atoms with van der Waals surface area (Å²) in [6.07, 6.45) is 10.6. The zero-order chi connectivity index (χ0) is 23.6. The lowest BCUT2D eigenvalue weighted by atomic mass is 9.69. The second-order valence-corrected chi connectivity index (χ2v) is 9.81. The minimum absolute atomic E-state index is 0.151. The third-order valence-electron chi connectivity index (χ3n) is 7.52. The van der Waals surface area contributed by atoms with Crippen LogP contribution in [0.5, 0.6) is 0 Å². The largest absolute Gasteiger partial charge is 0.296 e. The quantitative estimate of drug-likeness (QED) is 0.380. The molecule has 1 spiro atoms. The van der Waals surface area contributed by atoms with Crippen molar-refractivity contribution in [1.82, 2.24) is 9.55 Å². The van der Waals surface area contributed by atoms with Gasteiger partial charge in [-0.2, -0.15) is 4.98 Å². The molecule has 0 N–H and O–H groups in total. The molecule has 1 fully saturated rings. The van der Waals surface area contributed by atoms with Crippen molar-refractivity contribution in [1.29, 1.82) is 0 Å². The number of halogens is 1. The van der Waals surface area contributed by atoms with Crippen molar-refractivity contribution < 1.29 is 0 Å². The van der Waals surface area contributed by atoms with E-state index in [1.54, 1.807) is 6.07 Å². The van der Waals surface area contributed by atoms with Crippen LogP contribution in [-0.4, -0.2) is 9.55 Å². The second-order valence-electron chi connectivity index (χ2n) is 9.40. The third kappa shape index (κ3) is 3.93. The first-order valence-electron chi connectivity index (χ1n) is 13.0. The van der Waals surface area contributed by atoms with Crippen molar-refractivity contribution in [2.45, 2.75) is 96.8 Å². The Hall–Kier alpha value is -2.13. The maximum atomic E-state index is 13.1. The first-order chi connectivity index (χ1) is 16.1. The lowest BCUT2D eigenvalue weighted by Gasteiger charge is -2.34. The average molecular weight is 465 g/mol. The van der Waals surface area contributed by atoms with Gasteiger partial charge in [-0.15, -0.1) is 0 Å². The highest BCUT2D eigenvalue weighted by atomic mass is 35.5. The zero-order valence-electron chi connectivity index (χ0n) is 20.6. The Morgan fingerprint density at radius 1 is 1.03 bits per heavy atom. The molecule has 0 saturated heterocycles. The van der Waals surface area contributed by atoms with Crippen LogP contribution in [0.2, 0.25) is 5.02 Å². The van der Waals surface area contributed by atoms with Gasteiger partial charge in [0.15, 0.2) is 0 Å². The van der Waals surface area contributed by atoms with Gasteiger partial charge in [0.05, 0.1) is 27.0 Å². The fourth-order valence-electron chi connectivity index (χ4n) is 6.12. The molecule has 1 aliphatic heterocycles. The van der Waals surface area contributed by atoms with Gasteiger partial charge in [-0.05, 0) is 60.9 Å². The molecule has 2 aliphatic rings. The molecule has 2 heterocycles. The van der Waals surface area contributed by atoms with E-state index >= 15 is 0 Å². The maximum Gasteiger partial charge on any atom is 0.282 e. The third-order valence-corrected chi connectivity index (χ3v) is 7.84. The lowest BCUT2D eigenvalue weighted by Crippen LogP contribution is -2.32. The number of fused-ring (bicyclic) bond motifs is 7. The molecule has 0 amide bonds. The van der Waals surface area contributed by atoms with E-state index in [4.69, 9.17) is 16.6 Å². The Morgan fingerprint density at radius 2 is 1.73 bits per heavy atom. The summed E-state index contributed by atoms with van der Waals surface area (Å²) in [5, 5.41) is 1.02. The summed E-state index contributed by atoms with van der Waals surface area (Å²) in [5.74, 6) is 1.53. The monoisotopic (exact) mass is 464 g/mol. The van der Waals surface area contributed by atoms with Crippen LogP contribution in [0.25, 0.3) is 16.6 Å². The SMILES string of the molecule is CC.CCCC(CCC)c1ccc2c(c1)C1(CCCCC1)c1nc(=O)c3c(Cl)cccc3n1-2. The summed E-state index contributed by atoms with van der Waals surface area (Å²) in [5.41, 5.74) is 4.55. The normalized spacial score (nSPS) is 15.9. The van der Waals surface area contributed by atoms with Gasteiger partial charge < -0.3 is 0 Å². The zero-order valence-corrected chi connectivity index (χ0v) is 21.3. The van der Waals surface area contributed by atoms with Crippen molar-refractivity contribution in [3.8, 4) is 5.69 Å². The molecule has 0 bridgehead atoms. The summed E-state index contributed by atoms with van der Waals surface area (Å²) in [6.45, 7) is 8.56. The standard InChI is InChI=1S/C27H31ClN2O.C2H6/c1-3-9-18(10-4-2)19-13-14-22-20(17-19)27(15-6-5-7-16-27)26-29-25(31)24-21(28)11-8-12-23(24)30(22)26;1-2/h8,11-14,17-18H,3-7,9-10,15-16H2,1-2H3;1-2H3. The fourth-order valence-corrected chi connectivity index (χ4v) is 6.37. The molecule has 2 aromatic carbocycles. The second kappa shape index (κ2) is 10.0. The minimum Gasteiger partial charge on any atom is -0.296 e. The van der Waals surface area contributed by atoms with Gasteiger partial charge in [-0.3, -0.25) is 9.36 Å². The number of rotatable bonds is 5. The topological polar surface area (TPSA) is 34.9 Å². The van der Waals surface area contributed by atoms with Gasteiger partial charge in [0, 0.05) is 0 Å². The van der Waals surface area contributed by atoms with E-state index in [-0.39, 0.29) is 11.0 Å². The van der Waals surface area contributed by atoms with E-state index in [0.29, 0.717) is 16.3 Å². The van der Waals surface area contributed by atoms with Gasteiger partial charge in [-0.25, -0.2) is 0 Å².